The molecule has 2 saturated heterocycles. The summed E-state index contributed by atoms with van der Waals surface area (Å²) in [6.45, 7) is 2.53. The van der Waals surface area contributed by atoms with Crippen molar-refractivity contribution in [3.63, 3.8) is 0 Å². The molecule has 2 aromatic carbocycles. The Morgan fingerprint density at radius 1 is 1.06 bits per heavy atom. The average molecular weight is 433 g/mol. The highest BCUT2D eigenvalue weighted by Gasteiger charge is 2.44. The van der Waals surface area contributed by atoms with Crippen LogP contribution in [0.5, 0.6) is 0 Å². The van der Waals surface area contributed by atoms with Crippen LogP contribution >= 0.6 is 0 Å². The molecule has 1 aliphatic carbocycles. The molecule has 1 N–H and O–H groups in total. The van der Waals surface area contributed by atoms with Gasteiger partial charge in [-0.15, -0.1) is 0 Å². The maximum Gasteiger partial charge on any atom is 0.341 e. The zero-order chi connectivity index (χ0) is 22.0. The predicted octanol–water partition coefficient (Wildman–Crippen LogP) is 3.64. The number of benzene rings is 2. The number of anilines is 1. The van der Waals surface area contributed by atoms with Crippen LogP contribution in [0.15, 0.2) is 53.5 Å². The first-order valence-electron chi connectivity index (χ1n) is 11.2. The summed E-state index contributed by atoms with van der Waals surface area (Å²) in [5.74, 6) is -1.73. The highest BCUT2D eigenvalue weighted by molar-refractivity contribution is 5.93. The standard InChI is InChI=1S/C25H24FN3O3/c26-21-9-19-22(29(16-6-7-16)14-20(24(19)30)25(31)32)10-23(21)28-13-17-8-18(28)12-27(17)11-15-4-2-1-3-5-15/h1-5,9-10,14,16-18H,6-8,11-13H2,(H,31,32). The second-order valence-electron chi connectivity index (χ2n) is 9.25. The van der Waals surface area contributed by atoms with Crippen LogP contribution < -0.4 is 10.3 Å². The Labute approximate surface area is 184 Å². The fourth-order valence-electron chi connectivity index (χ4n) is 5.44. The Morgan fingerprint density at radius 3 is 2.50 bits per heavy atom. The molecule has 32 heavy (non-hydrogen) atoms. The van der Waals surface area contributed by atoms with Gasteiger partial charge in [0.2, 0.25) is 5.43 Å². The predicted molar refractivity (Wildman–Crippen MR) is 120 cm³/mol. The Kier molecular flexibility index (Phi) is 4.37. The molecular weight excluding hydrogens is 409 g/mol. The van der Waals surface area contributed by atoms with E-state index < -0.39 is 17.2 Å². The lowest BCUT2D eigenvalue weighted by molar-refractivity contribution is 0.0695. The number of piperazine rings is 1. The van der Waals surface area contributed by atoms with Crippen molar-refractivity contribution in [2.45, 2.75) is 43.9 Å². The maximum atomic E-state index is 15.3. The van der Waals surface area contributed by atoms with Gasteiger partial charge in [0.05, 0.1) is 11.2 Å². The molecule has 6 rings (SSSR count). The second-order valence-corrected chi connectivity index (χ2v) is 9.25. The van der Waals surface area contributed by atoms with Gasteiger partial charge in [-0.2, -0.15) is 0 Å². The van der Waals surface area contributed by atoms with E-state index in [2.05, 4.69) is 34.1 Å². The molecular formula is C25H24FN3O3. The van der Waals surface area contributed by atoms with E-state index in [1.54, 1.807) is 6.07 Å². The molecule has 0 amide bonds. The first-order chi connectivity index (χ1) is 15.5. The minimum Gasteiger partial charge on any atom is -0.477 e. The third kappa shape index (κ3) is 3.11. The zero-order valence-electron chi connectivity index (χ0n) is 17.6. The van der Waals surface area contributed by atoms with Gasteiger partial charge in [-0.05, 0) is 37.0 Å². The van der Waals surface area contributed by atoms with E-state index in [9.17, 15) is 14.7 Å². The number of carboxylic acids is 1. The highest BCUT2D eigenvalue weighted by Crippen LogP contribution is 2.40. The number of likely N-dealkylation sites (tertiary alicyclic amines) is 1. The maximum absolute atomic E-state index is 15.3. The summed E-state index contributed by atoms with van der Waals surface area (Å²) >= 11 is 0. The van der Waals surface area contributed by atoms with Crippen LogP contribution in [0, 0.1) is 5.82 Å². The molecule has 3 heterocycles. The van der Waals surface area contributed by atoms with Gasteiger partial charge >= 0.3 is 5.97 Å². The largest absolute Gasteiger partial charge is 0.477 e. The topological polar surface area (TPSA) is 65.8 Å². The van der Waals surface area contributed by atoms with Gasteiger partial charge in [0.15, 0.2) is 0 Å². The molecule has 2 atom stereocenters. The lowest BCUT2D eigenvalue weighted by Crippen LogP contribution is -2.46. The van der Waals surface area contributed by atoms with Crippen molar-refractivity contribution in [2.24, 2.45) is 0 Å². The quantitative estimate of drug-likeness (QED) is 0.666. The van der Waals surface area contributed by atoms with Gasteiger partial charge in [0, 0.05) is 49.3 Å². The number of fused-ring (bicyclic) bond motifs is 3. The van der Waals surface area contributed by atoms with E-state index in [1.165, 1.54) is 17.8 Å². The van der Waals surface area contributed by atoms with Crippen molar-refractivity contribution in [3.8, 4) is 0 Å². The van der Waals surface area contributed by atoms with Gasteiger partial charge in [-0.3, -0.25) is 9.69 Å². The zero-order valence-corrected chi connectivity index (χ0v) is 17.6. The number of carbonyl (C=O) groups is 1. The third-order valence-corrected chi connectivity index (χ3v) is 7.16. The second kappa shape index (κ2) is 7.17. The molecule has 164 valence electrons. The fourth-order valence-corrected chi connectivity index (χ4v) is 5.44. The number of halogens is 1. The van der Waals surface area contributed by atoms with E-state index in [4.69, 9.17) is 0 Å². The molecule has 3 aromatic rings. The van der Waals surface area contributed by atoms with E-state index >= 15 is 4.39 Å². The molecule has 6 nitrogen and oxygen atoms in total. The van der Waals surface area contributed by atoms with Crippen LogP contribution in [0.2, 0.25) is 0 Å². The molecule has 1 aromatic heterocycles. The Morgan fingerprint density at radius 2 is 1.84 bits per heavy atom. The number of hydrogen-bond donors (Lipinski definition) is 1. The number of hydrogen-bond acceptors (Lipinski definition) is 4. The number of carboxylic acid groups (broad SMARTS) is 1. The van der Waals surface area contributed by atoms with Gasteiger partial charge in [0.1, 0.15) is 11.4 Å². The van der Waals surface area contributed by atoms with Gasteiger partial charge in [-0.25, -0.2) is 9.18 Å². The van der Waals surface area contributed by atoms with Gasteiger partial charge in [-0.1, -0.05) is 30.3 Å². The minimum atomic E-state index is -1.27. The van der Waals surface area contributed by atoms with E-state index in [0.717, 1.165) is 38.9 Å². The summed E-state index contributed by atoms with van der Waals surface area (Å²) in [6, 6.07) is 14.2. The summed E-state index contributed by atoms with van der Waals surface area (Å²) in [5.41, 5.74) is 1.51. The van der Waals surface area contributed by atoms with Crippen molar-refractivity contribution in [1.82, 2.24) is 9.47 Å². The smallest absolute Gasteiger partial charge is 0.341 e. The first kappa shape index (κ1) is 19.5. The van der Waals surface area contributed by atoms with Crippen molar-refractivity contribution in [3.05, 3.63) is 75.8 Å². The molecule has 2 unspecified atom stereocenters. The highest BCUT2D eigenvalue weighted by atomic mass is 19.1. The number of pyridine rings is 1. The minimum absolute atomic E-state index is 0.146. The molecule has 2 aliphatic heterocycles. The van der Waals surface area contributed by atoms with Crippen LogP contribution in [0.4, 0.5) is 10.1 Å². The van der Waals surface area contributed by atoms with Crippen LogP contribution in [0.25, 0.3) is 10.9 Å². The number of rotatable bonds is 5. The van der Waals surface area contributed by atoms with Crippen molar-refractivity contribution in [1.29, 1.82) is 0 Å². The Balaban J connectivity index is 1.34. The lowest BCUT2D eigenvalue weighted by atomic mass is 10.1. The fraction of sp³-hybridized carbons (Fsp3) is 0.360. The summed E-state index contributed by atoms with van der Waals surface area (Å²) in [4.78, 5) is 28.9. The molecule has 0 radical (unpaired) electrons. The van der Waals surface area contributed by atoms with Crippen LogP contribution in [0.3, 0.4) is 0 Å². The monoisotopic (exact) mass is 433 g/mol. The normalized spacial score (nSPS) is 22.7. The Hall–Kier alpha value is -3.19. The van der Waals surface area contributed by atoms with Crippen LogP contribution in [0.1, 0.15) is 41.2 Å². The Bertz CT molecular complexity index is 1290. The summed E-state index contributed by atoms with van der Waals surface area (Å²) in [6.07, 6.45) is 4.31. The average Bonchev–Trinajstić information content (AvgIpc) is 3.44. The molecule has 2 bridgehead atoms. The van der Waals surface area contributed by atoms with E-state index in [0.29, 0.717) is 17.2 Å². The number of aromatic carboxylic acids is 1. The third-order valence-electron chi connectivity index (χ3n) is 7.16. The van der Waals surface area contributed by atoms with Crippen molar-refractivity contribution in [2.75, 3.05) is 18.0 Å². The van der Waals surface area contributed by atoms with Crippen molar-refractivity contribution >= 4 is 22.6 Å². The van der Waals surface area contributed by atoms with Crippen molar-refractivity contribution < 1.29 is 14.3 Å². The van der Waals surface area contributed by atoms with Gasteiger partial charge in [0.25, 0.3) is 0 Å². The summed E-state index contributed by atoms with van der Waals surface area (Å²) < 4.78 is 17.1. The lowest BCUT2D eigenvalue weighted by Gasteiger charge is -2.36. The molecule has 0 spiro atoms. The molecule has 3 fully saturated rings. The molecule has 3 aliphatic rings. The van der Waals surface area contributed by atoms with Crippen LogP contribution in [-0.4, -0.2) is 45.7 Å². The summed E-state index contributed by atoms with van der Waals surface area (Å²) in [7, 11) is 0. The van der Waals surface area contributed by atoms with Crippen LogP contribution in [-0.2, 0) is 6.54 Å². The van der Waals surface area contributed by atoms with E-state index in [-0.39, 0.29) is 23.0 Å². The number of aromatic nitrogens is 1. The SMILES string of the molecule is O=C(O)c1cn(C2CC2)c2cc(N3CC4CC3CN4Cc3ccccc3)c(F)cc2c1=O. The summed E-state index contributed by atoms with van der Waals surface area (Å²) in [5, 5.41) is 9.58. The number of nitrogens with zero attached hydrogens (tertiary/aromatic N) is 3. The molecule has 1 saturated carbocycles. The molecule has 7 heteroatoms. The first-order valence-corrected chi connectivity index (χ1v) is 11.2. The van der Waals surface area contributed by atoms with E-state index in [1.807, 2.05) is 10.6 Å². The van der Waals surface area contributed by atoms with Gasteiger partial charge < -0.3 is 14.6 Å².